The number of nitrogens with zero attached hydrogens (tertiary/aromatic N) is 1. The largest absolute Gasteiger partial charge is 0.481 e. The molecule has 0 aliphatic heterocycles. The van der Waals surface area contributed by atoms with Crippen molar-refractivity contribution in [3.05, 3.63) is 33.8 Å². The summed E-state index contributed by atoms with van der Waals surface area (Å²) in [6.07, 6.45) is 0.131. The summed E-state index contributed by atoms with van der Waals surface area (Å²) in [5.74, 6) is -0.770. The third-order valence-corrected chi connectivity index (χ3v) is 3.65. The highest BCUT2D eigenvalue weighted by molar-refractivity contribution is 9.10. The molecule has 0 aromatic heterocycles. The van der Waals surface area contributed by atoms with Crippen LogP contribution in [0.5, 0.6) is 0 Å². The minimum atomic E-state index is -0.770. The van der Waals surface area contributed by atoms with Crippen molar-refractivity contribution >= 4 is 21.9 Å². The Balaban J connectivity index is 2.99. The van der Waals surface area contributed by atoms with E-state index in [1.165, 1.54) is 5.56 Å². The molecule has 1 aromatic rings. The van der Waals surface area contributed by atoms with Crippen molar-refractivity contribution in [1.29, 1.82) is 0 Å². The maximum atomic E-state index is 10.9. The van der Waals surface area contributed by atoms with Crippen LogP contribution in [0.1, 0.15) is 31.4 Å². The number of hydrogen-bond acceptors (Lipinski definition) is 2. The summed E-state index contributed by atoms with van der Waals surface area (Å²) in [5.41, 5.74) is 1.89. The Morgan fingerprint density at radius 1 is 1.39 bits per heavy atom. The average molecular weight is 314 g/mol. The number of carbonyl (C=O) groups is 1. The van der Waals surface area contributed by atoms with Crippen molar-refractivity contribution in [2.75, 3.05) is 14.1 Å². The smallest absolute Gasteiger partial charge is 0.304 e. The van der Waals surface area contributed by atoms with Crippen LogP contribution in [-0.2, 0) is 16.8 Å². The van der Waals surface area contributed by atoms with Gasteiger partial charge in [-0.05, 0) is 31.3 Å². The molecule has 0 unspecified atom stereocenters. The summed E-state index contributed by atoms with van der Waals surface area (Å²) in [6.45, 7) is 4.77. The summed E-state index contributed by atoms with van der Waals surface area (Å²) in [7, 11) is 4.05. The molecule has 0 spiro atoms. The number of rotatable bonds is 5. The van der Waals surface area contributed by atoms with Crippen LogP contribution in [-0.4, -0.2) is 30.1 Å². The number of carboxylic acid groups (broad SMARTS) is 1. The maximum absolute atomic E-state index is 10.9. The molecule has 18 heavy (non-hydrogen) atoms. The highest BCUT2D eigenvalue weighted by atomic mass is 79.9. The second kappa shape index (κ2) is 5.85. The fraction of sp³-hybridized carbons (Fsp3) is 0.500. The monoisotopic (exact) mass is 313 g/mol. The zero-order valence-electron chi connectivity index (χ0n) is 11.3. The van der Waals surface area contributed by atoms with E-state index in [1.807, 2.05) is 40.1 Å². The third-order valence-electron chi connectivity index (χ3n) is 2.91. The van der Waals surface area contributed by atoms with Gasteiger partial charge in [-0.1, -0.05) is 41.9 Å². The van der Waals surface area contributed by atoms with Gasteiger partial charge < -0.3 is 10.0 Å². The van der Waals surface area contributed by atoms with Gasteiger partial charge in [-0.15, -0.1) is 0 Å². The maximum Gasteiger partial charge on any atom is 0.304 e. The lowest BCUT2D eigenvalue weighted by molar-refractivity contribution is -0.138. The average Bonchev–Trinajstić information content (AvgIpc) is 2.18. The molecule has 0 aliphatic rings. The van der Waals surface area contributed by atoms with E-state index in [1.54, 1.807) is 0 Å². The van der Waals surface area contributed by atoms with E-state index in [0.717, 1.165) is 16.6 Å². The van der Waals surface area contributed by atoms with Crippen LogP contribution in [0, 0.1) is 0 Å². The van der Waals surface area contributed by atoms with E-state index in [0.29, 0.717) is 0 Å². The van der Waals surface area contributed by atoms with Crippen molar-refractivity contribution in [2.45, 2.75) is 32.2 Å². The zero-order valence-corrected chi connectivity index (χ0v) is 12.9. The van der Waals surface area contributed by atoms with Gasteiger partial charge in [0, 0.05) is 16.4 Å². The van der Waals surface area contributed by atoms with Gasteiger partial charge in [0.15, 0.2) is 0 Å². The van der Waals surface area contributed by atoms with Crippen molar-refractivity contribution in [3.63, 3.8) is 0 Å². The van der Waals surface area contributed by atoms with Gasteiger partial charge in [0.05, 0.1) is 6.42 Å². The molecule has 0 heterocycles. The number of aliphatic carboxylic acids is 1. The van der Waals surface area contributed by atoms with Crippen molar-refractivity contribution < 1.29 is 9.90 Å². The summed E-state index contributed by atoms with van der Waals surface area (Å²) in [6, 6.07) is 6.11. The summed E-state index contributed by atoms with van der Waals surface area (Å²) < 4.78 is 1.03. The van der Waals surface area contributed by atoms with Crippen molar-refractivity contribution in [1.82, 2.24) is 4.90 Å². The Morgan fingerprint density at radius 3 is 2.44 bits per heavy atom. The van der Waals surface area contributed by atoms with Gasteiger partial charge in [0.1, 0.15) is 0 Å². The Labute approximate surface area is 117 Å². The first-order chi connectivity index (χ1) is 8.22. The lowest BCUT2D eigenvalue weighted by atomic mass is 9.81. The number of halogens is 1. The molecule has 0 amide bonds. The first-order valence-electron chi connectivity index (χ1n) is 5.88. The SMILES string of the molecule is CN(C)Cc1ccc(C(C)(C)CC(=O)O)cc1Br. The fourth-order valence-electron chi connectivity index (χ4n) is 1.92. The minimum absolute atomic E-state index is 0.131. The van der Waals surface area contributed by atoms with Crippen LogP contribution in [0.15, 0.2) is 22.7 Å². The molecule has 0 atom stereocenters. The standard InChI is InChI=1S/C14H20BrNO2/c1-14(2,8-13(17)18)11-6-5-10(9-16(3)4)12(15)7-11/h5-7H,8-9H2,1-4H3,(H,17,18). The predicted octanol–water partition coefficient (Wildman–Crippen LogP) is 3.26. The number of benzene rings is 1. The minimum Gasteiger partial charge on any atom is -0.481 e. The first-order valence-corrected chi connectivity index (χ1v) is 6.67. The summed E-state index contributed by atoms with van der Waals surface area (Å²) >= 11 is 3.56. The Bertz CT molecular complexity index is 441. The van der Waals surface area contributed by atoms with Crippen LogP contribution >= 0.6 is 15.9 Å². The molecular weight excluding hydrogens is 294 g/mol. The van der Waals surface area contributed by atoms with E-state index in [9.17, 15) is 4.79 Å². The first kappa shape index (κ1) is 15.2. The van der Waals surface area contributed by atoms with Gasteiger partial charge in [0.2, 0.25) is 0 Å². The van der Waals surface area contributed by atoms with Gasteiger partial charge in [-0.2, -0.15) is 0 Å². The molecule has 3 nitrogen and oxygen atoms in total. The third kappa shape index (κ3) is 4.10. The topological polar surface area (TPSA) is 40.5 Å². The second-order valence-corrected chi connectivity index (χ2v) is 6.35. The van der Waals surface area contributed by atoms with Crippen LogP contribution in [0.2, 0.25) is 0 Å². The van der Waals surface area contributed by atoms with Crippen molar-refractivity contribution in [3.8, 4) is 0 Å². The highest BCUT2D eigenvalue weighted by Crippen LogP contribution is 2.30. The van der Waals surface area contributed by atoms with Gasteiger partial charge in [-0.3, -0.25) is 4.79 Å². The molecule has 0 radical (unpaired) electrons. The molecule has 0 saturated carbocycles. The molecule has 100 valence electrons. The van der Waals surface area contributed by atoms with Crippen LogP contribution < -0.4 is 0 Å². The molecule has 4 heteroatoms. The summed E-state index contributed by atoms with van der Waals surface area (Å²) in [4.78, 5) is 13.0. The lowest BCUT2D eigenvalue weighted by Crippen LogP contribution is -2.22. The normalized spacial score (nSPS) is 11.9. The Kier molecular flexibility index (Phi) is 4.93. The van der Waals surface area contributed by atoms with Gasteiger partial charge in [0.25, 0.3) is 0 Å². The van der Waals surface area contributed by atoms with E-state index >= 15 is 0 Å². The molecule has 1 N–H and O–H groups in total. The number of carboxylic acids is 1. The van der Waals surface area contributed by atoms with E-state index in [4.69, 9.17) is 5.11 Å². The number of hydrogen-bond donors (Lipinski definition) is 1. The molecule has 0 aliphatic carbocycles. The van der Waals surface area contributed by atoms with E-state index in [2.05, 4.69) is 26.9 Å². The Hall–Kier alpha value is -0.870. The molecule has 0 saturated heterocycles. The molecule has 1 rings (SSSR count). The quantitative estimate of drug-likeness (QED) is 0.907. The molecule has 0 bridgehead atoms. The van der Waals surface area contributed by atoms with Gasteiger partial charge in [-0.25, -0.2) is 0 Å². The van der Waals surface area contributed by atoms with E-state index < -0.39 is 5.97 Å². The summed E-state index contributed by atoms with van der Waals surface area (Å²) in [5, 5.41) is 8.93. The van der Waals surface area contributed by atoms with Gasteiger partial charge >= 0.3 is 5.97 Å². The second-order valence-electron chi connectivity index (χ2n) is 5.50. The van der Waals surface area contributed by atoms with Crippen molar-refractivity contribution in [2.24, 2.45) is 0 Å². The molecular formula is C14H20BrNO2. The van der Waals surface area contributed by atoms with Crippen LogP contribution in [0.4, 0.5) is 0 Å². The lowest BCUT2D eigenvalue weighted by Gasteiger charge is -2.24. The van der Waals surface area contributed by atoms with Crippen LogP contribution in [0.25, 0.3) is 0 Å². The molecule has 0 fully saturated rings. The Morgan fingerprint density at radius 2 is 2.00 bits per heavy atom. The fourth-order valence-corrected chi connectivity index (χ4v) is 2.42. The zero-order chi connectivity index (χ0) is 13.9. The molecule has 1 aromatic carbocycles. The van der Waals surface area contributed by atoms with Crippen LogP contribution in [0.3, 0.4) is 0 Å². The highest BCUT2D eigenvalue weighted by Gasteiger charge is 2.24. The predicted molar refractivity (Wildman–Crippen MR) is 76.8 cm³/mol. The van der Waals surface area contributed by atoms with E-state index in [-0.39, 0.29) is 11.8 Å².